The van der Waals surface area contributed by atoms with Gasteiger partial charge >= 0.3 is 0 Å². The maximum atomic E-state index is 11.7. The number of rotatable bonds is 3. The summed E-state index contributed by atoms with van der Waals surface area (Å²) < 4.78 is 6.80. The number of hydroxylamine groups is 1. The fraction of sp³-hybridized carbons (Fsp3) is 0.455. The zero-order valence-electron chi connectivity index (χ0n) is 11.9. The van der Waals surface area contributed by atoms with Crippen molar-refractivity contribution in [3.8, 4) is 0 Å². The van der Waals surface area contributed by atoms with Gasteiger partial charge in [-0.25, -0.2) is 20.4 Å². The predicted octanol–water partition coefficient (Wildman–Crippen LogP) is -3.12. The second kappa shape index (κ2) is 6.39. The second-order valence-electron chi connectivity index (χ2n) is 4.68. The van der Waals surface area contributed by atoms with Crippen molar-refractivity contribution >= 4 is 22.9 Å². The number of carbonyl (C=O) groups is 1. The zero-order chi connectivity index (χ0) is 15.9. The number of imidazole rings is 1. The zero-order valence-corrected chi connectivity index (χ0v) is 11.9. The van der Waals surface area contributed by atoms with Gasteiger partial charge in [0, 0.05) is 0 Å². The van der Waals surface area contributed by atoms with Crippen LogP contribution in [0.4, 0.5) is 5.82 Å². The summed E-state index contributed by atoms with van der Waals surface area (Å²) in [5, 5.41) is 20.1. The Balaban J connectivity index is 0.00000192. The first-order valence-corrected chi connectivity index (χ1v) is 6.32. The molecule has 4 atom stereocenters. The minimum atomic E-state index is -1.43. The first kappa shape index (κ1) is 17.0. The maximum Gasteiger partial charge on any atom is 0.275 e. The van der Waals surface area contributed by atoms with Crippen LogP contribution in [0, 0.1) is 0 Å². The predicted molar refractivity (Wildman–Crippen MR) is 74.4 cm³/mol. The molecule has 7 N–H and O–H groups in total. The van der Waals surface area contributed by atoms with Gasteiger partial charge < -0.3 is 26.2 Å². The molecule has 1 aliphatic heterocycles. The molecule has 1 unspecified atom stereocenters. The van der Waals surface area contributed by atoms with Gasteiger partial charge in [-0.3, -0.25) is 14.2 Å². The lowest BCUT2D eigenvalue weighted by Crippen LogP contribution is -2.42. The van der Waals surface area contributed by atoms with Crippen LogP contribution in [0.15, 0.2) is 12.7 Å². The van der Waals surface area contributed by atoms with E-state index in [0.29, 0.717) is 11.2 Å². The third-order valence-corrected chi connectivity index (χ3v) is 3.36. The topological polar surface area (TPSA) is 189 Å². The number of nitrogen functional groups attached to an aromatic ring is 1. The Morgan fingerprint density at radius 1 is 1.39 bits per heavy atom. The van der Waals surface area contributed by atoms with Crippen LogP contribution in [0.25, 0.3) is 11.2 Å². The van der Waals surface area contributed by atoms with E-state index in [1.165, 1.54) is 24.3 Å². The van der Waals surface area contributed by atoms with E-state index in [0.717, 1.165) is 0 Å². The number of hydrogen-bond donors (Lipinski definition) is 4. The molecule has 1 saturated heterocycles. The molecule has 0 spiro atoms. The van der Waals surface area contributed by atoms with Crippen LogP contribution in [0.2, 0.25) is 0 Å². The largest absolute Gasteiger partial charge is 0.412 e. The first-order valence-electron chi connectivity index (χ1n) is 6.32. The van der Waals surface area contributed by atoms with E-state index < -0.39 is 30.4 Å². The summed E-state index contributed by atoms with van der Waals surface area (Å²) >= 11 is 0. The van der Waals surface area contributed by atoms with E-state index in [4.69, 9.17) is 10.5 Å². The van der Waals surface area contributed by atoms with Gasteiger partial charge in [-0.05, 0) is 0 Å². The Kier molecular flexibility index (Phi) is 4.72. The van der Waals surface area contributed by atoms with Crippen LogP contribution >= 0.6 is 0 Å². The highest BCUT2D eigenvalue weighted by Gasteiger charge is 2.47. The smallest absolute Gasteiger partial charge is 0.275 e. The monoisotopic (exact) mass is 328 g/mol. The number of fused-ring (bicyclic) bond motifs is 1. The molecule has 3 rings (SSSR count). The summed E-state index contributed by atoms with van der Waals surface area (Å²) in [5.74, 6) is -0.541. The highest BCUT2D eigenvalue weighted by Crippen LogP contribution is 2.31. The Morgan fingerprint density at radius 3 is 2.83 bits per heavy atom. The van der Waals surface area contributed by atoms with Crippen LogP contribution in [-0.4, -0.2) is 66.5 Å². The SMILES string of the molecule is CONC(=O)[C@H]1OC(n2cnc3c(N)ncnc32)[C@H](O)[C@@H]1O.O. The van der Waals surface area contributed by atoms with Gasteiger partial charge in [-0.15, -0.1) is 0 Å². The van der Waals surface area contributed by atoms with Gasteiger partial charge in [0.2, 0.25) is 0 Å². The van der Waals surface area contributed by atoms with Gasteiger partial charge in [0.25, 0.3) is 5.91 Å². The van der Waals surface area contributed by atoms with E-state index in [1.807, 2.05) is 5.48 Å². The number of aliphatic hydroxyl groups is 2. The molecule has 126 valence electrons. The minimum Gasteiger partial charge on any atom is -0.412 e. The average Bonchev–Trinajstić information content (AvgIpc) is 3.03. The van der Waals surface area contributed by atoms with Crippen molar-refractivity contribution < 1.29 is 30.1 Å². The lowest BCUT2D eigenvalue weighted by atomic mass is 10.1. The molecule has 0 aromatic carbocycles. The van der Waals surface area contributed by atoms with E-state index in [-0.39, 0.29) is 11.3 Å². The fourth-order valence-electron chi connectivity index (χ4n) is 2.32. The first-order chi connectivity index (χ1) is 10.5. The van der Waals surface area contributed by atoms with Gasteiger partial charge in [0.1, 0.15) is 24.1 Å². The Labute approximate surface area is 129 Å². The normalized spacial score (nSPS) is 26.9. The second-order valence-corrected chi connectivity index (χ2v) is 4.68. The van der Waals surface area contributed by atoms with Crippen LogP contribution in [-0.2, 0) is 14.4 Å². The highest BCUT2D eigenvalue weighted by atomic mass is 16.6. The molecule has 0 bridgehead atoms. The van der Waals surface area contributed by atoms with Gasteiger partial charge in [-0.2, -0.15) is 0 Å². The summed E-state index contributed by atoms with van der Waals surface area (Å²) in [6.45, 7) is 0. The standard InChI is InChI=1S/C11H14N6O5.H2O/c1-21-16-10(20)7-5(18)6(19)11(22-7)17-3-15-4-8(12)13-2-14-9(4)17;/h2-3,5-7,11,18-19H,1H3,(H,16,20)(H2,12,13,14);1H2/t5-,6+,7-,11?;/m0./s1. The molecular formula is C11H16N6O6. The number of ether oxygens (including phenoxy) is 1. The molecule has 12 heteroatoms. The van der Waals surface area contributed by atoms with Crippen LogP contribution in [0.1, 0.15) is 6.23 Å². The lowest BCUT2D eigenvalue weighted by Gasteiger charge is -2.16. The fourth-order valence-corrected chi connectivity index (χ4v) is 2.32. The number of nitrogens with one attached hydrogen (secondary N) is 1. The number of aliphatic hydroxyl groups excluding tert-OH is 2. The molecule has 2 aromatic heterocycles. The van der Waals surface area contributed by atoms with Gasteiger partial charge in [-0.1, -0.05) is 0 Å². The Hall–Kier alpha value is -2.38. The van der Waals surface area contributed by atoms with Crippen molar-refractivity contribution in [3.63, 3.8) is 0 Å². The van der Waals surface area contributed by atoms with Crippen molar-refractivity contribution in [1.29, 1.82) is 0 Å². The summed E-state index contributed by atoms with van der Waals surface area (Å²) in [5.41, 5.74) is 8.38. The van der Waals surface area contributed by atoms with Crippen molar-refractivity contribution in [2.24, 2.45) is 0 Å². The molecule has 3 heterocycles. The number of hydrogen-bond acceptors (Lipinski definition) is 9. The van der Waals surface area contributed by atoms with Crippen molar-refractivity contribution in [2.75, 3.05) is 12.8 Å². The van der Waals surface area contributed by atoms with E-state index in [9.17, 15) is 15.0 Å². The Morgan fingerprint density at radius 2 is 2.13 bits per heavy atom. The number of aromatic nitrogens is 4. The molecule has 2 aromatic rings. The maximum absolute atomic E-state index is 11.7. The third-order valence-electron chi connectivity index (χ3n) is 3.36. The van der Waals surface area contributed by atoms with E-state index in [1.54, 1.807) is 0 Å². The molecular weight excluding hydrogens is 312 g/mol. The van der Waals surface area contributed by atoms with Gasteiger partial charge in [0.15, 0.2) is 23.8 Å². The number of nitrogens with two attached hydrogens (primary N) is 1. The number of carbonyl (C=O) groups excluding carboxylic acids is 1. The van der Waals surface area contributed by atoms with Crippen molar-refractivity contribution in [2.45, 2.75) is 24.5 Å². The Bertz CT molecular complexity index is 707. The van der Waals surface area contributed by atoms with Crippen molar-refractivity contribution in [3.05, 3.63) is 12.7 Å². The summed E-state index contributed by atoms with van der Waals surface area (Å²) in [7, 11) is 1.25. The highest BCUT2D eigenvalue weighted by molar-refractivity contribution is 5.82. The minimum absolute atomic E-state index is 0. The molecule has 23 heavy (non-hydrogen) atoms. The number of anilines is 1. The van der Waals surface area contributed by atoms with E-state index in [2.05, 4.69) is 19.8 Å². The molecule has 0 saturated carbocycles. The molecule has 1 amide bonds. The summed E-state index contributed by atoms with van der Waals surface area (Å²) in [6.07, 6.45) is -2.56. The summed E-state index contributed by atoms with van der Waals surface area (Å²) in [4.78, 5) is 28.1. The van der Waals surface area contributed by atoms with Crippen LogP contribution in [0.3, 0.4) is 0 Å². The number of amides is 1. The molecule has 1 aliphatic rings. The average molecular weight is 328 g/mol. The molecule has 0 aliphatic carbocycles. The summed E-state index contributed by atoms with van der Waals surface area (Å²) in [6, 6.07) is 0. The molecule has 0 radical (unpaired) electrons. The lowest BCUT2D eigenvalue weighted by molar-refractivity contribution is -0.148. The van der Waals surface area contributed by atoms with Crippen LogP contribution < -0.4 is 11.2 Å². The quantitative estimate of drug-likeness (QED) is 0.422. The van der Waals surface area contributed by atoms with Crippen molar-refractivity contribution in [1.82, 2.24) is 25.0 Å². The third kappa shape index (κ3) is 2.69. The molecule has 12 nitrogen and oxygen atoms in total. The molecule has 1 fully saturated rings. The van der Waals surface area contributed by atoms with E-state index >= 15 is 0 Å². The van der Waals surface area contributed by atoms with Gasteiger partial charge in [0.05, 0.1) is 13.4 Å². The van der Waals surface area contributed by atoms with Crippen LogP contribution in [0.5, 0.6) is 0 Å². The number of nitrogens with zero attached hydrogens (tertiary/aromatic N) is 4.